The third kappa shape index (κ3) is 0.867. The van der Waals surface area contributed by atoms with Crippen LogP contribution >= 0.6 is 0 Å². The molecule has 2 nitrogen and oxygen atoms in total. The van der Waals surface area contributed by atoms with Gasteiger partial charge in [-0.1, -0.05) is 6.42 Å². The first kappa shape index (κ1) is 6.62. The van der Waals surface area contributed by atoms with Crippen LogP contribution in [0.25, 0.3) is 0 Å². The lowest BCUT2D eigenvalue weighted by molar-refractivity contribution is -0.0234. The quantitative estimate of drug-likeness (QED) is 0.444. The van der Waals surface area contributed by atoms with Crippen molar-refractivity contribution in [2.45, 2.75) is 32.1 Å². The normalized spacial score (nSPS) is 29.7. The number of nitrogens with one attached hydrogen (secondary N) is 1. The van der Waals surface area contributed by atoms with Crippen molar-refractivity contribution in [3.8, 4) is 0 Å². The van der Waals surface area contributed by atoms with E-state index in [-0.39, 0.29) is 0 Å². The van der Waals surface area contributed by atoms with E-state index in [4.69, 9.17) is 5.84 Å². The standard InChI is InChI=1S/C8H16N2/c9-10-6-7-4-8(5-7)2-1-3-8/h7,10H,1-6,9H2. The van der Waals surface area contributed by atoms with Gasteiger partial charge < -0.3 is 0 Å². The van der Waals surface area contributed by atoms with Gasteiger partial charge in [-0.25, -0.2) is 0 Å². The fourth-order valence-electron chi connectivity index (χ4n) is 2.56. The molecule has 0 heterocycles. The second-order valence-electron chi connectivity index (χ2n) is 4.04. The molecule has 0 amide bonds. The van der Waals surface area contributed by atoms with Gasteiger partial charge in [0.25, 0.3) is 0 Å². The molecular formula is C8H16N2. The van der Waals surface area contributed by atoms with Crippen molar-refractivity contribution in [1.82, 2.24) is 5.43 Å². The molecule has 0 aromatic rings. The van der Waals surface area contributed by atoms with Crippen LogP contribution in [0.5, 0.6) is 0 Å². The van der Waals surface area contributed by atoms with Crippen molar-refractivity contribution in [3.05, 3.63) is 0 Å². The van der Waals surface area contributed by atoms with Crippen molar-refractivity contribution in [1.29, 1.82) is 0 Å². The number of rotatable bonds is 2. The molecule has 3 N–H and O–H groups in total. The third-order valence-corrected chi connectivity index (χ3v) is 3.26. The lowest BCUT2D eigenvalue weighted by Gasteiger charge is -2.54. The maximum Gasteiger partial charge on any atom is 0.0126 e. The van der Waals surface area contributed by atoms with Gasteiger partial charge in [0, 0.05) is 6.54 Å². The van der Waals surface area contributed by atoms with Crippen molar-refractivity contribution in [3.63, 3.8) is 0 Å². The molecule has 10 heavy (non-hydrogen) atoms. The second-order valence-corrected chi connectivity index (χ2v) is 4.04. The molecule has 2 rings (SSSR count). The molecule has 0 bridgehead atoms. The number of hydrogen-bond acceptors (Lipinski definition) is 2. The van der Waals surface area contributed by atoms with Crippen LogP contribution in [-0.2, 0) is 0 Å². The second kappa shape index (κ2) is 2.21. The first-order chi connectivity index (χ1) is 4.85. The maximum absolute atomic E-state index is 5.24. The highest BCUT2D eigenvalue weighted by Crippen LogP contribution is 2.58. The lowest BCUT2D eigenvalue weighted by atomic mass is 9.52. The van der Waals surface area contributed by atoms with Crippen LogP contribution in [0.2, 0.25) is 0 Å². The molecule has 0 aromatic carbocycles. The SMILES string of the molecule is NNCC1CC2(CCC2)C1. The number of hydrazine groups is 1. The van der Waals surface area contributed by atoms with Gasteiger partial charge in [0.15, 0.2) is 0 Å². The average molecular weight is 140 g/mol. The Bertz CT molecular complexity index is 121. The maximum atomic E-state index is 5.24. The molecule has 0 aromatic heterocycles. The molecule has 2 aliphatic carbocycles. The highest BCUT2D eigenvalue weighted by Gasteiger charge is 2.47. The van der Waals surface area contributed by atoms with E-state index in [1.54, 1.807) is 0 Å². The summed E-state index contributed by atoms with van der Waals surface area (Å²) < 4.78 is 0. The van der Waals surface area contributed by atoms with Crippen LogP contribution in [0.4, 0.5) is 0 Å². The zero-order valence-corrected chi connectivity index (χ0v) is 6.40. The predicted octanol–water partition coefficient (Wildman–Crippen LogP) is 1.03. The molecule has 58 valence electrons. The number of hydrogen-bond donors (Lipinski definition) is 2. The minimum Gasteiger partial charge on any atom is -0.271 e. The summed E-state index contributed by atoms with van der Waals surface area (Å²) in [6.07, 6.45) is 7.35. The van der Waals surface area contributed by atoms with Crippen molar-refractivity contribution in [2.24, 2.45) is 17.2 Å². The van der Waals surface area contributed by atoms with Crippen LogP contribution in [0.3, 0.4) is 0 Å². The van der Waals surface area contributed by atoms with Gasteiger partial charge >= 0.3 is 0 Å². The van der Waals surface area contributed by atoms with Crippen LogP contribution < -0.4 is 11.3 Å². The molecule has 0 saturated heterocycles. The summed E-state index contributed by atoms with van der Waals surface area (Å²) in [5, 5.41) is 0. The van der Waals surface area contributed by atoms with Crippen LogP contribution in [-0.4, -0.2) is 6.54 Å². The van der Waals surface area contributed by atoms with Gasteiger partial charge in [-0.3, -0.25) is 11.3 Å². The van der Waals surface area contributed by atoms with Gasteiger partial charge in [0.2, 0.25) is 0 Å². The van der Waals surface area contributed by atoms with Gasteiger partial charge in [-0.2, -0.15) is 0 Å². The molecule has 2 aliphatic rings. The van der Waals surface area contributed by atoms with Gasteiger partial charge in [0.1, 0.15) is 0 Å². The van der Waals surface area contributed by atoms with E-state index in [1.807, 2.05) is 0 Å². The summed E-state index contributed by atoms with van der Waals surface area (Å²) in [6.45, 7) is 1.03. The lowest BCUT2D eigenvalue weighted by Crippen LogP contribution is -2.47. The molecule has 2 fully saturated rings. The Morgan fingerprint density at radius 2 is 2.10 bits per heavy atom. The minimum atomic E-state index is 0.821. The molecule has 0 unspecified atom stereocenters. The molecule has 2 saturated carbocycles. The summed E-state index contributed by atoms with van der Waals surface area (Å²) in [7, 11) is 0. The number of nitrogens with two attached hydrogens (primary N) is 1. The Balaban J connectivity index is 1.72. The topological polar surface area (TPSA) is 38.0 Å². The van der Waals surface area contributed by atoms with Crippen molar-refractivity contribution >= 4 is 0 Å². The monoisotopic (exact) mass is 140 g/mol. The molecule has 0 aliphatic heterocycles. The van der Waals surface area contributed by atoms with Gasteiger partial charge in [-0.15, -0.1) is 0 Å². The molecule has 2 heteroatoms. The highest BCUT2D eigenvalue weighted by molar-refractivity contribution is 4.99. The first-order valence-corrected chi connectivity index (χ1v) is 4.28. The summed E-state index contributed by atoms with van der Waals surface area (Å²) in [6, 6.07) is 0. The molecule has 0 radical (unpaired) electrons. The van der Waals surface area contributed by atoms with Crippen LogP contribution in [0.15, 0.2) is 0 Å². The van der Waals surface area contributed by atoms with Gasteiger partial charge in [0.05, 0.1) is 0 Å². The average Bonchev–Trinajstić information content (AvgIpc) is 1.72. The van der Waals surface area contributed by atoms with Crippen LogP contribution in [0, 0.1) is 11.3 Å². The van der Waals surface area contributed by atoms with E-state index < -0.39 is 0 Å². The van der Waals surface area contributed by atoms with Crippen molar-refractivity contribution in [2.75, 3.05) is 6.54 Å². The molecule has 0 atom stereocenters. The van der Waals surface area contributed by atoms with Gasteiger partial charge in [-0.05, 0) is 37.0 Å². The fraction of sp³-hybridized carbons (Fsp3) is 1.00. The van der Waals surface area contributed by atoms with Crippen LogP contribution in [0.1, 0.15) is 32.1 Å². The summed E-state index contributed by atoms with van der Waals surface area (Å²) >= 11 is 0. The van der Waals surface area contributed by atoms with E-state index >= 15 is 0 Å². The molecular weight excluding hydrogens is 124 g/mol. The molecule has 1 spiro atoms. The minimum absolute atomic E-state index is 0.821. The zero-order chi connectivity index (χ0) is 7.03. The highest BCUT2D eigenvalue weighted by atomic mass is 15.2. The Morgan fingerprint density at radius 1 is 1.40 bits per heavy atom. The van der Waals surface area contributed by atoms with E-state index in [0.29, 0.717) is 0 Å². The zero-order valence-electron chi connectivity index (χ0n) is 6.40. The Kier molecular flexibility index (Phi) is 1.46. The Morgan fingerprint density at radius 3 is 2.50 bits per heavy atom. The Hall–Kier alpha value is -0.0800. The Labute approximate surface area is 62.1 Å². The van der Waals surface area contributed by atoms with E-state index in [1.165, 1.54) is 32.1 Å². The third-order valence-electron chi connectivity index (χ3n) is 3.26. The van der Waals surface area contributed by atoms with Crippen molar-refractivity contribution < 1.29 is 0 Å². The fourth-order valence-corrected chi connectivity index (χ4v) is 2.56. The smallest absolute Gasteiger partial charge is 0.0126 e. The summed E-state index contributed by atoms with van der Waals surface area (Å²) in [5.74, 6) is 6.13. The first-order valence-electron chi connectivity index (χ1n) is 4.28. The predicted molar refractivity (Wildman–Crippen MR) is 41.2 cm³/mol. The largest absolute Gasteiger partial charge is 0.271 e. The van der Waals surface area contributed by atoms with E-state index in [2.05, 4.69) is 5.43 Å². The van der Waals surface area contributed by atoms with E-state index in [9.17, 15) is 0 Å². The summed E-state index contributed by atoms with van der Waals surface area (Å²) in [4.78, 5) is 0. The van der Waals surface area contributed by atoms with E-state index in [0.717, 1.165) is 17.9 Å². The summed E-state index contributed by atoms with van der Waals surface area (Å²) in [5.41, 5.74) is 3.58.